The van der Waals surface area contributed by atoms with Crippen molar-refractivity contribution >= 4 is 17.4 Å². The van der Waals surface area contributed by atoms with E-state index in [1.54, 1.807) is 6.92 Å². The van der Waals surface area contributed by atoms with Crippen LogP contribution >= 0.6 is 0 Å². The minimum atomic E-state index is -1.07. The van der Waals surface area contributed by atoms with Gasteiger partial charge in [0.25, 0.3) is 5.69 Å². The van der Waals surface area contributed by atoms with Gasteiger partial charge in [-0.05, 0) is 25.7 Å². The van der Waals surface area contributed by atoms with Crippen molar-refractivity contribution in [1.82, 2.24) is 10.7 Å². The van der Waals surface area contributed by atoms with Crippen molar-refractivity contribution in [2.75, 3.05) is 5.32 Å². The molecular formula is C14H19N4O5. The maximum absolute atomic E-state index is 10.9. The third-order valence-corrected chi connectivity index (χ3v) is 4.24. The monoisotopic (exact) mass is 323 g/mol. The molecule has 23 heavy (non-hydrogen) atoms. The summed E-state index contributed by atoms with van der Waals surface area (Å²) in [4.78, 5) is 25.2. The zero-order chi connectivity index (χ0) is 17.1. The third-order valence-electron chi connectivity index (χ3n) is 4.24. The molecule has 9 nitrogen and oxygen atoms in total. The van der Waals surface area contributed by atoms with Gasteiger partial charge in [-0.2, -0.15) is 0 Å². The lowest BCUT2D eigenvalue weighted by Crippen LogP contribution is -2.35. The van der Waals surface area contributed by atoms with Gasteiger partial charge < -0.3 is 15.5 Å². The molecular weight excluding hydrogens is 304 g/mol. The zero-order valence-corrected chi connectivity index (χ0v) is 12.6. The van der Waals surface area contributed by atoms with Gasteiger partial charge in [-0.25, -0.2) is 4.98 Å². The molecule has 1 aliphatic carbocycles. The summed E-state index contributed by atoms with van der Waals surface area (Å²) in [7, 11) is 0. The Hall–Kier alpha value is -2.26. The Morgan fingerprint density at radius 1 is 1.52 bits per heavy atom. The fourth-order valence-corrected chi connectivity index (χ4v) is 2.92. The number of anilines is 1. The number of aliphatic hydroxyl groups excluding tert-OH is 2. The normalized spacial score (nSPS) is 26.9. The Morgan fingerprint density at radius 3 is 2.83 bits per heavy atom. The van der Waals surface area contributed by atoms with Gasteiger partial charge in [0.2, 0.25) is 5.91 Å². The van der Waals surface area contributed by atoms with Gasteiger partial charge >= 0.3 is 0 Å². The average Bonchev–Trinajstić information content (AvgIpc) is 2.75. The van der Waals surface area contributed by atoms with Gasteiger partial charge in [-0.1, -0.05) is 0 Å². The molecule has 1 saturated carbocycles. The number of rotatable bonds is 6. The van der Waals surface area contributed by atoms with E-state index >= 15 is 0 Å². The number of hydrogen-bond donors (Lipinski definition) is 3. The number of nitrogens with zero attached hydrogens (tertiary/aromatic N) is 2. The summed E-state index contributed by atoms with van der Waals surface area (Å²) in [6.07, 6.45) is -0.0388. The van der Waals surface area contributed by atoms with E-state index in [0.29, 0.717) is 18.4 Å². The van der Waals surface area contributed by atoms with Crippen LogP contribution in [0.5, 0.6) is 0 Å². The molecule has 1 heterocycles. The first kappa shape index (κ1) is 17.1. The van der Waals surface area contributed by atoms with E-state index in [9.17, 15) is 25.1 Å². The van der Waals surface area contributed by atoms with Crippen LogP contribution in [0.25, 0.3) is 0 Å². The van der Waals surface area contributed by atoms with Crippen LogP contribution in [-0.4, -0.2) is 44.3 Å². The van der Waals surface area contributed by atoms with Gasteiger partial charge in [-0.3, -0.25) is 20.6 Å². The Morgan fingerprint density at radius 2 is 2.22 bits per heavy atom. The van der Waals surface area contributed by atoms with Gasteiger partial charge in [0.15, 0.2) is 0 Å². The van der Waals surface area contributed by atoms with Crippen molar-refractivity contribution in [2.24, 2.45) is 5.92 Å². The van der Waals surface area contributed by atoms with Gasteiger partial charge in [0.05, 0.1) is 22.6 Å². The van der Waals surface area contributed by atoms with Crippen molar-refractivity contribution in [2.45, 2.75) is 44.4 Å². The van der Waals surface area contributed by atoms with Crippen LogP contribution in [0.4, 0.5) is 11.5 Å². The number of amides is 1. The predicted molar refractivity (Wildman–Crippen MR) is 80.5 cm³/mol. The van der Waals surface area contributed by atoms with Crippen LogP contribution in [0.2, 0.25) is 0 Å². The van der Waals surface area contributed by atoms with Crippen LogP contribution in [0.1, 0.15) is 24.8 Å². The number of aliphatic hydroxyl groups is 2. The molecule has 0 saturated heterocycles. The van der Waals surface area contributed by atoms with Crippen LogP contribution in [0.3, 0.4) is 0 Å². The molecule has 2 rings (SSSR count). The molecule has 0 aromatic carbocycles. The fraction of sp³-hybridized carbons (Fsp3) is 0.571. The molecule has 4 atom stereocenters. The quantitative estimate of drug-likeness (QED) is 0.507. The first-order valence-corrected chi connectivity index (χ1v) is 7.28. The molecule has 0 aliphatic heterocycles. The van der Waals surface area contributed by atoms with Crippen LogP contribution in [0, 0.1) is 23.0 Å². The van der Waals surface area contributed by atoms with Crippen molar-refractivity contribution < 1.29 is 19.9 Å². The third kappa shape index (κ3) is 3.74. The number of nitrogens with one attached hydrogen (secondary N) is 2. The Kier molecular flexibility index (Phi) is 5.12. The van der Waals surface area contributed by atoms with Crippen molar-refractivity contribution in [3.63, 3.8) is 0 Å². The first-order valence-electron chi connectivity index (χ1n) is 7.28. The second-order valence-electron chi connectivity index (χ2n) is 5.75. The van der Waals surface area contributed by atoms with E-state index in [1.807, 2.05) is 0 Å². The summed E-state index contributed by atoms with van der Waals surface area (Å²) in [6.45, 7) is 1.56. The van der Waals surface area contributed by atoms with Crippen LogP contribution in [-0.2, 0) is 4.79 Å². The van der Waals surface area contributed by atoms with E-state index < -0.39 is 29.1 Å². The summed E-state index contributed by atoms with van der Waals surface area (Å²) in [5, 5.41) is 34.0. The predicted octanol–water partition coefficient (Wildman–Crippen LogP) is 0.410. The molecule has 4 unspecified atom stereocenters. The molecule has 9 heteroatoms. The maximum atomic E-state index is 10.9. The summed E-state index contributed by atoms with van der Waals surface area (Å²) >= 11 is 0. The smallest absolute Gasteiger partial charge is 0.277 e. The first-order chi connectivity index (χ1) is 10.8. The second kappa shape index (κ2) is 6.88. The van der Waals surface area contributed by atoms with E-state index in [-0.39, 0.29) is 23.8 Å². The highest BCUT2D eigenvalue weighted by molar-refractivity contribution is 5.72. The molecule has 1 amide bonds. The van der Waals surface area contributed by atoms with Crippen molar-refractivity contribution in [3.05, 3.63) is 27.9 Å². The molecule has 1 aromatic heterocycles. The molecule has 1 radical (unpaired) electrons. The van der Waals surface area contributed by atoms with Crippen molar-refractivity contribution in [1.29, 1.82) is 0 Å². The van der Waals surface area contributed by atoms with E-state index in [1.165, 1.54) is 12.3 Å². The van der Waals surface area contributed by atoms with Gasteiger partial charge in [0.1, 0.15) is 11.9 Å². The number of aromatic nitrogens is 1. The lowest BCUT2D eigenvalue weighted by Gasteiger charge is -2.19. The molecule has 4 N–H and O–H groups in total. The molecule has 1 aromatic rings. The van der Waals surface area contributed by atoms with Gasteiger partial charge in [-0.15, -0.1) is 0 Å². The minimum Gasteiger partial charge on any atom is -0.390 e. The van der Waals surface area contributed by atoms with Crippen LogP contribution in [0.15, 0.2) is 12.3 Å². The summed E-state index contributed by atoms with van der Waals surface area (Å²) in [6, 6.07) is 0.771. The van der Waals surface area contributed by atoms with Crippen molar-refractivity contribution in [3.8, 4) is 0 Å². The summed E-state index contributed by atoms with van der Waals surface area (Å²) < 4.78 is 0. The highest BCUT2D eigenvalue weighted by atomic mass is 16.6. The highest BCUT2D eigenvalue weighted by Crippen LogP contribution is 2.33. The lowest BCUT2D eigenvalue weighted by molar-refractivity contribution is -0.385. The standard InChI is InChI=1S/C14H19N4O5/c1-7-10(18(22)23)4-5-16-14(7)17-9-6-8(2-3-11(15)19)12(20)13(9)21/h4-5,8-9,12-13,15,20-21H,2-3,6H2,1H3,(H,16,17). The second-order valence-corrected chi connectivity index (χ2v) is 5.75. The topological polar surface area (TPSA) is 149 Å². The Balaban J connectivity index is 2.10. The molecule has 125 valence electrons. The van der Waals surface area contributed by atoms with E-state index in [0.717, 1.165) is 0 Å². The fourth-order valence-electron chi connectivity index (χ4n) is 2.92. The van der Waals surface area contributed by atoms with E-state index in [2.05, 4.69) is 10.3 Å². The number of pyridine rings is 1. The summed E-state index contributed by atoms with van der Waals surface area (Å²) in [5.74, 6) is -0.734. The molecule has 0 bridgehead atoms. The summed E-state index contributed by atoms with van der Waals surface area (Å²) in [5.41, 5.74) is 7.18. The zero-order valence-electron chi connectivity index (χ0n) is 12.6. The average molecular weight is 323 g/mol. The molecule has 1 aliphatic rings. The Bertz CT molecular complexity index is 609. The highest BCUT2D eigenvalue weighted by Gasteiger charge is 2.41. The van der Waals surface area contributed by atoms with Gasteiger partial charge in [0, 0.05) is 18.7 Å². The molecule has 1 fully saturated rings. The molecule has 0 spiro atoms. The number of carbonyl (C=O) groups is 1. The SMILES string of the molecule is Cc1c([N+](=O)[O-])ccnc1NC1CC(CCC([NH])=O)C(O)C1O. The Labute approximate surface area is 132 Å². The van der Waals surface area contributed by atoms with E-state index in [4.69, 9.17) is 5.73 Å². The number of carbonyl (C=O) groups excluding carboxylic acids is 1. The number of nitro groups is 1. The largest absolute Gasteiger partial charge is 0.390 e. The minimum absolute atomic E-state index is 0.0231. The number of hydrogen-bond acceptors (Lipinski definition) is 7. The maximum Gasteiger partial charge on any atom is 0.277 e. The lowest BCUT2D eigenvalue weighted by atomic mass is 9.99. The van der Waals surface area contributed by atoms with Crippen LogP contribution < -0.4 is 11.1 Å².